The van der Waals surface area contributed by atoms with E-state index in [0.29, 0.717) is 51.2 Å². The second kappa shape index (κ2) is 24.6. The molecule has 448 valence electrons. The molecule has 0 radical (unpaired) electrons. The summed E-state index contributed by atoms with van der Waals surface area (Å²) in [5.74, 6) is -2.39. The maximum Gasteiger partial charge on any atom is 0.311 e. The second-order valence-corrected chi connectivity index (χ2v) is 27.2. The van der Waals surface area contributed by atoms with Crippen molar-refractivity contribution in [2.24, 2.45) is 52.3 Å². The van der Waals surface area contributed by atoms with E-state index in [0.717, 1.165) is 32.1 Å². The first kappa shape index (κ1) is 63.4. The number of fused-ring (bicyclic) bond motifs is 5. The predicted octanol–water partition coefficient (Wildman–Crippen LogP) is 4.90. The Labute approximate surface area is 466 Å². The molecular formula is C60H103N3O15. The van der Waals surface area contributed by atoms with E-state index in [1.807, 2.05) is 52.8 Å². The minimum atomic E-state index is -1.94. The van der Waals surface area contributed by atoms with Crippen molar-refractivity contribution in [3.05, 3.63) is 11.6 Å². The van der Waals surface area contributed by atoms with Gasteiger partial charge in [0.1, 0.15) is 30.0 Å². The van der Waals surface area contributed by atoms with E-state index in [2.05, 4.69) is 24.1 Å². The minimum Gasteiger partial charge on any atom is -0.459 e. The van der Waals surface area contributed by atoms with Crippen LogP contribution in [0.4, 0.5) is 0 Å². The molecule has 0 aromatic heterocycles. The van der Waals surface area contributed by atoms with Crippen LogP contribution in [0.2, 0.25) is 0 Å². The van der Waals surface area contributed by atoms with E-state index in [1.165, 1.54) is 19.6 Å². The largest absolute Gasteiger partial charge is 0.459 e. The molecule has 0 bridgehead atoms. The number of nitrogens with zero attached hydrogens (tertiary/aromatic N) is 2. The molecule has 78 heavy (non-hydrogen) atoms. The molecule has 0 aromatic rings. The van der Waals surface area contributed by atoms with Crippen molar-refractivity contribution < 1.29 is 73.4 Å². The highest BCUT2D eigenvalue weighted by molar-refractivity contribution is 5.91. The first-order valence-electron chi connectivity index (χ1n) is 29.8. The molecule has 7 aliphatic rings. The number of cyclic esters (lactones) is 1. The molecule has 0 aromatic carbocycles. The van der Waals surface area contributed by atoms with Gasteiger partial charge in [0.2, 0.25) is 5.91 Å². The highest BCUT2D eigenvalue weighted by Crippen LogP contribution is 2.66. The van der Waals surface area contributed by atoms with E-state index in [1.54, 1.807) is 34.6 Å². The summed E-state index contributed by atoms with van der Waals surface area (Å²) in [4.78, 5) is 45.5. The third kappa shape index (κ3) is 12.5. The topological polar surface area (TPSA) is 246 Å². The fraction of sp³-hybridized carbons (Fsp3) is 0.917. The molecule has 18 heteroatoms. The summed E-state index contributed by atoms with van der Waals surface area (Å²) in [7, 11) is 5.27. The lowest BCUT2D eigenvalue weighted by Gasteiger charge is -2.59. The fourth-order valence-electron chi connectivity index (χ4n) is 16.6. The Balaban J connectivity index is 1.13. The summed E-state index contributed by atoms with van der Waals surface area (Å²) in [6.07, 6.45) is -2.16. The summed E-state index contributed by atoms with van der Waals surface area (Å²) in [6, 6.07) is -1.03. The molecule has 3 saturated carbocycles. The van der Waals surface area contributed by atoms with Crippen LogP contribution in [0.1, 0.15) is 160 Å². The molecule has 1 amide bonds. The first-order chi connectivity index (χ1) is 36.3. The molecule has 18 nitrogen and oxygen atoms in total. The Morgan fingerprint density at radius 3 is 2.24 bits per heavy atom. The smallest absolute Gasteiger partial charge is 0.311 e. The van der Waals surface area contributed by atoms with Crippen LogP contribution >= 0.6 is 0 Å². The maximum atomic E-state index is 14.7. The fourth-order valence-corrected chi connectivity index (χ4v) is 16.6. The average molecular weight is 1110 g/mol. The zero-order valence-corrected chi connectivity index (χ0v) is 50.0. The third-order valence-corrected chi connectivity index (χ3v) is 21.2. The lowest BCUT2D eigenvalue weighted by atomic mass is 9.46. The molecule has 0 spiro atoms. The van der Waals surface area contributed by atoms with Crippen molar-refractivity contribution in [3.63, 3.8) is 0 Å². The van der Waals surface area contributed by atoms with Crippen LogP contribution in [0.15, 0.2) is 11.6 Å². The summed E-state index contributed by atoms with van der Waals surface area (Å²) in [5, 5.41) is 75.9. The van der Waals surface area contributed by atoms with E-state index >= 15 is 0 Å². The normalized spacial score (nSPS) is 49.1. The number of ketones is 1. The molecule has 7 rings (SSSR count). The standard InChI is InChI=1S/C60H103N3O15/c1-16-45-60(12,72)50(67)36(6)63(25-17-24-61-53(69)42-21-20-41-40-19-18-38-27-39(64)22-23-56(38,8)47(40)44(65)29-57(41,42)9)31-32(2)28-58(10,71)52(78-55-48(66)43(62(13)14)26-33(3)74-55)34(4)49(35(5)54(70)76-45)77-46-30-59(11,73-15)51(68)37(7)75-46/h27,32-37,40-52,55,65-68,71-72H,16-26,28-31H2,1-15H3,(H,61,69)/t32-,33-,34+,35?,36-,37?,40?,41?,42-,43-,44+,45-,46-,47?,48-,49+,50-,51-,52-,55+,56+,57+,58-,59+,60-/m1/s1. The van der Waals surface area contributed by atoms with Crippen molar-refractivity contribution in [2.75, 3.05) is 40.8 Å². The van der Waals surface area contributed by atoms with Crippen molar-refractivity contribution in [3.8, 4) is 0 Å². The van der Waals surface area contributed by atoms with Crippen molar-refractivity contribution in [1.29, 1.82) is 0 Å². The van der Waals surface area contributed by atoms with Crippen LogP contribution in [0.25, 0.3) is 0 Å². The van der Waals surface area contributed by atoms with E-state index in [4.69, 9.17) is 28.4 Å². The molecule has 4 aliphatic carbocycles. The number of allylic oxidation sites excluding steroid dienone is 1. The number of carbonyl (C=O) groups excluding carboxylic acids is 3. The highest BCUT2D eigenvalue weighted by Gasteiger charge is 2.63. The van der Waals surface area contributed by atoms with Crippen LogP contribution in [0, 0.1) is 52.3 Å². The molecule has 6 fully saturated rings. The van der Waals surface area contributed by atoms with Gasteiger partial charge in [-0.3, -0.25) is 19.3 Å². The van der Waals surface area contributed by atoms with E-state index in [-0.39, 0.29) is 77.6 Å². The number of amides is 1. The maximum absolute atomic E-state index is 14.7. The Bertz CT molecular complexity index is 2110. The number of methoxy groups -OCH3 is 1. The molecule has 3 saturated heterocycles. The number of esters is 1. The summed E-state index contributed by atoms with van der Waals surface area (Å²) in [5.41, 5.74) is -4.08. The number of carbonyl (C=O) groups is 3. The zero-order chi connectivity index (χ0) is 57.8. The summed E-state index contributed by atoms with van der Waals surface area (Å²) < 4.78 is 38.4. The van der Waals surface area contributed by atoms with Gasteiger partial charge in [-0.05, 0) is 167 Å². The van der Waals surface area contributed by atoms with Crippen LogP contribution in [0.3, 0.4) is 0 Å². The van der Waals surface area contributed by atoms with Gasteiger partial charge < -0.3 is 69.3 Å². The summed E-state index contributed by atoms with van der Waals surface area (Å²) in [6.45, 7) is 23.1. The Hall–Kier alpha value is -2.17. The average Bonchev–Trinajstić information content (AvgIpc) is 3.75. The lowest BCUT2D eigenvalue weighted by Crippen LogP contribution is -2.60. The van der Waals surface area contributed by atoms with E-state index in [9.17, 15) is 45.0 Å². The van der Waals surface area contributed by atoms with Gasteiger partial charge in [-0.2, -0.15) is 0 Å². The van der Waals surface area contributed by atoms with Crippen LogP contribution in [-0.4, -0.2) is 195 Å². The Morgan fingerprint density at radius 1 is 0.897 bits per heavy atom. The van der Waals surface area contributed by atoms with Gasteiger partial charge in [-0.15, -0.1) is 0 Å². The molecule has 3 aliphatic heterocycles. The predicted molar refractivity (Wildman–Crippen MR) is 292 cm³/mol. The quantitative estimate of drug-likeness (QED) is 0.102. The Morgan fingerprint density at radius 2 is 1.59 bits per heavy atom. The monoisotopic (exact) mass is 1110 g/mol. The number of hydrogen-bond donors (Lipinski definition) is 7. The van der Waals surface area contributed by atoms with Crippen molar-refractivity contribution >= 4 is 17.7 Å². The number of aliphatic hydroxyl groups is 6. The number of hydrogen-bond acceptors (Lipinski definition) is 17. The lowest BCUT2D eigenvalue weighted by molar-refractivity contribution is -0.318. The zero-order valence-electron chi connectivity index (χ0n) is 50.0. The highest BCUT2D eigenvalue weighted by atomic mass is 16.7. The van der Waals surface area contributed by atoms with Gasteiger partial charge in [0.05, 0.1) is 47.6 Å². The molecular weight excluding hydrogens is 1000 g/mol. The van der Waals surface area contributed by atoms with Gasteiger partial charge in [0.25, 0.3) is 0 Å². The number of nitrogens with one attached hydrogen (secondary N) is 1. The molecule has 3 heterocycles. The number of ether oxygens (including phenoxy) is 6. The van der Waals surface area contributed by atoms with Gasteiger partial charge in [-0.1, -0.05) is 40.2 Å². The van der Waals surface area contributed by atoms with Crippen LogP contribution in [0.5, 0.6) is 0 Å². The van der Waals surface area contributed by atoms with Gasteiger partial charge >= 0.3 is 5.97 Å². The molecule has 5 unspecified atom stereocenters. The number of likely N-dealkylation sites (N-methyl/N-ethyl adjacent to an activating group) is 1. The van der Waals surface area contributed by atoms with Crippen LogP contribution in [-0.2, 0) is 42.8 Å². The van der Waals surface area contributed by atoms with Gasteiger partial charge in [0.15, 0.2) is 18.4 Å². The van der Waals surface area contributed by atoms with E-state index < -0.39 is 102 Å². The Kier molecular flexibility index (Phi) is 20.0. The third-order valence-electron chi connectivity index (χ3n) is 21.2. The van der Waals surface area contributed by atoms with Gasteiger partial charge in [-0.25, -0.2) is 0 Å². The van der Waals surface area contributed by atoms with Crippen molar-refractivity contribution in [1.82, 2.24) is 15.1 Å². The first-order valence-corrected chi connectivity index (χ1v) is 29.8. The van der Waals surface area contributed by atoms with Crippen LogP contribution < -0.4 is 5.32 Å². The second-order valence-electron chi connectivity index (χ2n) is 27.2. The number of aliphatic hydroxyl groups excluding tert-OH is 4. The SMILES string of the molecule is CC[C@H]1OC(=O)C(C)[C@@H](O[C@@H]2C[C@](C)(OC)[C@H](O)C(C)O2)[C@H](C)[C@@H](O[C@@H]2O[C@H](C)C[C@@H](N(C)C)[C@H]2O)[C@](C)(O)C[C@@H](C)CN(CCCNC(=O)[C@H]2CCC3C4CCC5=CC(=O)CC[C@]5(C)C4[C@@H](O)C[C@@]32C)[C@H](C)[C@@H](O)[C@]1(C)O. The minimum absolute atomic E-state index is 0.0217. The molecule has 25 atom stereocenters. The number of rotatable bonds is 12. The summed E-state index contributed by atoms with van der Waals surface area (Å²) >= 11 is 0. The molecule has 7 N–H and O–H groups in total. The van der Waals surface area contributed by atoms with Gasteiger partial charge in [0, 0.05) is 63.5 Å². The van der Waals surface area contributed by atoms with Crippen molar-refractivity contribution in [2.45, 2.75) is 257 Å².